The molecule has 3 aromatic rings. The Kier molecular flexibility index (Phi) is 4.15. The molecule has 1 aliphatic heterocycles. The Bertz CT molecular complexity index is 918. The van der Waals surface area contributed by atoms with E-state index in [9.17, 15) is 4.79 Å². The number of nitrogens with zero attached hydrogens (tertiary/aromatic N) is 4. The highest BCUT2D eigenvalue weighted by molar-refractivity contribution is 5.77. The third-order valence-electron chi connectivity index (χ3n) is 4.89. The smallest absolute Gasteiger partial charge is 0.258 e. The fourth-order valence-electron chi connectivity index (χ4n) is 3.38. The Balaban J connectivity index is 1.51. The van der Waals surface area contributed by atoms with E-state index in [1.54, 1.807) is 18.5 Å². The van der Waals surface area contributed by atoms with Gasteiger partial charge in [-0.15, -0.1) is 0 Å². The number of quaternary nitrogens is 1. The van der Waals surface area contributed by atoms with Crippen LogP contribution in [0.1, 0.15) is 18.8 Å². The standard InChI is InChI=1S/C18H20N6O/c1-13(16-21-15-6-3-2-5-14(15)17(25)22-16)23-9-11-24(12-10-23)18-19-7-4-8-20-18/h2-8,13H,9-12H2,1H3,(H,21,22,25)/p+1/t13-/m1/s1. The van der Waals surface area contributed by atoms with Crippen LogP contribution in [0.25, 0.3) is 10.9 Å². The lowest BCUT2D eigenvalue weighted by atomic mass is 10.2. The van der Waals surface area contributed by atoms with Gasteiger partial charge in [0.2, 0.25) is 5.95 Å². The molecule has 7 nitrogen and oxygen atoms in total. The van der Waals surface area contributed by atoms with E-state index < -0.39 is 0 Å². The fraction of sp³-hybridized carbons (Fsp3) is 0.333. The van der Waals surface area contributed by atoms with E-state index in [0.717, 1.165) is 43.5 Å². The Hall–Kier alpha value is -2.80. The Morgan fingerprint density at radius 2 is 1.84 bits per heavy atom. The van der Waals surface area contributed by atoms with Crippen LogP contribution < -0.4 is 15.4 Å². The van der Waals surface area contributed by atoms with E-state index >= 15 is 0 Å². The number of anilines is 1. The minimum atomic E-state index is -0.0665. The normalized spacial score (nSPS) is 16.9. The van der Waals surface area contributed by atoms with Crippen molar-refractivity contribution in [2.45, 2.75) is 13.0 Å². The summed E-state index contributed by atoms with van der Waals surface area (Å²) in [5.74, 6) is 1.54. The van der Waals surface area contributed by atoms with Gasteiger partial charge in [0.25, 0.3) is 5.56 Å². The summed E-state index contributed by atoms with van der Waals surface area (Å²) >= 11 is 0. The first-order valence-corrected chi connectivity index (χ1v) is 8.58. The first-order chi connectivity index (χ1) is 12.2. The second-order valence-electron chi connectivity index (χ2n) is 6.38. The lowest BCUT2D eigenvalue weighted by Crippen LogP contribution is -3.14. The van der Waals surface area contributed by atoms with Gasteiger partial charge in [-0.25, -0.2) is 15.0 Å². The van der Waals surface area contributed by atoms with Gasteiger partial charge in [0.05, 0.1) is 37.1 Å². The second-order valence-corrected chi connectivity index (χ2v) is 6.38. The zero-order chi connectivity index (χ0) is 17.2. The highest BCUT2D eigenvalue weighted by atomic mass is 16.1. The number of fused-ring (bicyclic) bond motifs is 1. The molecule has 0 unspecified atom stereocenters. The molecule has 0 bridgehead atoms. The van der Waals surface area contributed by atoms with Crippen molar-refractivity contribution in [3.63, 3.8) is 0 Å². The van der Waals surface area contributed by atoms with Gasteiger partial charge >= 0.3 is 0 Å². The molecule has 4 rings (SSSR count). The third-order valence-corrected chi connectivity index (χ3v) is 4.89. The number of rotatable bonds is 3. The molecule has 1 atom stereocenters. The van der Waals surface area contributed by atoms with Crippen LogP contribution >= 0.6 is 0 Å². The summed E-state index contributed by atoms with van der Waals surface area (Å²) in [5.41, 5.74) is 0.687. The van der Waals surface area contributed by atoms with Gasteiger partial charge in [-0.3, -0.25) is 4.79 Å². The Morgan fingerprint density at radius 1 is 1.12 bits per heavy atom. The fourth-order valence-corrected chi connectivity index (χ4v) is 3.38. The predicted molar refractivity (Wildman–Crippen MR) is 95.7 cm³/mol. The summed E-state index contributed by atoms with van der Waals surface area (Å²) in [6, 6.07) is 9.43. The summed E-state index contributed by atoms with van der Waals surface area (Å²) in [4.78, 5) is 32.2. The number of aromatic nitrogens is 4. The van der Waals surface area contributed by atoms with Crippen molar-refractivity contribution in [1.82, 2.24) is 19.9 Å². The molecule has 0 saturated carbocycles. The van der Waals surface area contributed by atoms with Gasteiger partial charge in [0.15, 0.2) is 5.82 Å². The zero-order valence-corrected chi connectivity index (χ0v) is 14.1. The van der Waals surface area contributed by atoms with Gasteiger partial charge < -0.3 is 14.8 Å². The zero-order valence-electron chi connectivity index (χ0n) is 14.1. The van der Waals surface area contributed by atoms with Crippen LogP contribution in [-0.4, -0.2) is 46.1 Å². The molecule has 128 valence electrons. The molecule has 0 aliphatic carbocycles. The van der Waals surface area contributed by atoms with Crippen molar-refractivity contribution in [1.29, 1.82) is 0 Å². The summed E-state index contributed by atoms with van der Waals surface area (Å²) in [7, 11) is 0. The Morgan fingerprint density at radius 3 is 2.60 bits per heavy atom. The number of piperazine rings is 1. The van der Waals surface area contributed by atoms with E-state index in [1.165, 1.54) is 4.90 Å². The molecule has 0 amide bonds. The van der Waals surface area contributed by atoms with Crippen LogP contribution in [0.3, 0.4) is 0 Å². The average Bonchev–Trinajstić information content (AvgIpc) is 2.68. The largest absolute Gasteiger partial charge is 0.330 e. The molecule has 1 saturated heterocycles. The van der Waals surface area contributed by atoms with E-state index in [4.69, 9.17) is 0 Å². The van der Waals surface area contributed by atoms with Crippen molar-refractivity contribution in [3.05, 3.63) is 58.9 Å². The van der Waals surface area contributed by atoms with E-state index in [-0.39, 0.29) is 11.6 Å². The van der Waals surface area contributed by atoms with Crippen LogP contribution in [0.4, 0.5) is 5.95 Å². The monoisotopic (exact) mass is 337 g/mol. The summed E-state index contributed by atoms with van der Waals surface area (Å²) in [6.45, 7) is 5.81. The maximum absolute atomic E-state index is 12.3. The molecule has 1 aliphatic rings. The van der Waals surface area contributed by atoms with Crippen molar-refractivity contribution in [2.75, 3.05) is 31.1 Å². The molecule has 1 aromatic carbocycles. The average molecular weight is 337 g/mol. The number of H-pyrrole nitrogens is 1. The van der Waals surface area contributed by atoms with Gasteiger partial charge in [0, 0.05) is 12.4 Å². The third kappa shape index (κ3) is 3.10. The van der Waals surface area contributed by atoms with Crippen molar-refractivity contribution >= 4 is 16.9 Å². The topological polar surface area (TPSA) is 79.2 Å². The first-order valence-electron chi connectivity index (χ1n) is 8.58. The van der Waals surface area contributed by atoms with Crippen molar-refractivity contribution in [3.8, 4) is 0 Å². The van der Waals surface area contributed by atoms with Crippen LogP contribution in [0.5, 0.6) is 0 Å². The molecular weight excluding hydrogens is 316 g/mol. The Labute approximate surface area is 145 Å². The minimum absolute atomic E-state index is 0.0665. The number of benzene rings is 1. The molecule has 3 heterocycles. The van der Waals surface area contributed by atoms with E-state index in [0.29, 0.717) is 5.39 Å². The van der Waals surface area contributed by atoms with E-state index in [1.807, 2.05) is 24.3 Å². The molecule has 1 fully saturated rings. The van der Waals surface area contributed by atoms with Gasteiger partial charge in [-0.05, 0) is 25.1 Å². The second kappa shape index (κ2) is 6.60. The molecule has 7 heteroatoms. The first kappa shape index (κ1) is 15.7. The number of nitrogens with one attached hydrogen (secondary N) is 2. The van der Waals surface area contributed by atoms with Crippen LogP contribution in [0.15, 0.2) is 47.5 Å². The molecule has 2 aromatic heterocycles. The molecule has 0 radical (unpaired) electrons. The summed E-state index contributed by atoms with van der Waals surface area (Å²) in [5, 5.41) is 0.638. The predicted octanol–water partition coefficient (Wildman–Crippen LogP) is 0.179. The van der Waals surface area contributed by atoms with E-state index in [2.05, 4.69) is 31.8 Å². The van der Waals surface area contributed by atoms with Crippen LogP contribution in [-0.2, 0) is 0 Å². The minimum Gasteiger partial charge on any atom is -0.330 e. The van der Waals surface area contributed by atoms with Crippen LogP contribution in [0, 0.1) is 0 Å². The highest BCUT2D eigenvalue weighted by Gasteiger charge is 2.28. The molecule has 2 N–H and O–H groups in total. The maximum atomic E-state index is 12.3. The van der Waals surface area contributed by atoms with Crippen LogP contribution in [0.2, 0.25) is 0 Å². The number of para-hydroxylation sites is 1. The van der Waals surface area contributed by atoms with Crippen molar-refractivity contribution in [2.24, 2.45) is 0 Å². The lowest BCUT2D eigenvalue weighted by molar-refractivity contribution is -0.930. The van der Waals surface area contributed by atoms with Gasteiger partial charge in [-0.2, -0.15) is 0 Å². The number of hydrogen-bond acceptors (Lipinski definition) is 5. The molecular formula is C18H21N6O+. The van der Waals surface area contributed by atoms with Gasteiger partial charge in [-0.1, -0.05) is 12.1 Å². The van der Waals surface area contributed by atoms with Gasteiger partial charge in [0.1, 0.15) is 6.04 Å². The highest BCUT2D eigenvalue weighted by Crippen LogP contribution is 2.10. The summed E-state index contributed by atoms with van der Waals surface area (Å²) in [6.07, 6.45) is 3.54. The quantitative estimate of drug-likeness (QED) is 0.713. The SMILES string of the molecule is C[C@H](c1nc2ccccc2c(=O)[nH]1)[NH+]1CCN(c2ncccn2)CC1. The maximum Gasteiger partial charge on any atom is 0.258 e. The lowest BCUT2D eigenvalue weighted by Gasteiger charge is -2.34. The number of aromatic amines is 1. The summed E-state index contributed by atoms with van der Waals surface area (Å²) < 4.78 is 0. The molecule has 0 spiro atoms. The molecule has 25 heavy (non-hydrogen) atoms. The van der Waals surface area contributed by atoms with Crippen molar-refractivity contribution < 1.29 is 4.90 Å². The number of hydrogen-bond donors (Lipinski definition) is 2.